The van der Waals surface area contributed by atoms with Crippen molar-refractivity contribution >= 4 is 17.9 Å². The molecule has 0 saturated heterocycles. The first-order valence-electron chi connectivity index (χ1n) is 7.00. The first-order chi connectivity index (χ1) is 9.72. The summed E-state index contributed by atoms with van der Waals surface area (Å²) in [7, 11) is 0. The Kier molecular flexibility index (Phi) is 3.63. The quantitative estimate of drug-likeness (QED) is 0.608. The summed E-state index contributed by atoms with van der Waals surface area (Å²) < 4.78 is 18.4. The molecule has 0 spiro atoms. The maximum Gasteiger partial charge on any atom is 0.363 e. The van der Waals surface area contributed by atoms with Crippen LogP contribution in [0.25, 0.3) is 6.08 Å². The van der Waals surface area contributed by atoms with Crippen molar-refractivity contribution in [3.63, 3.8) is 0 Å². The summed E-state index contributed by atoms with van der Waals surface area (Å²) in [6, 6.07) is 6.07. The molecule has 1 aromatic rings. The topological polar surface area (TPSA) is 38.7 Å². The molecule has 0 unspecified atom stereocenters. The number of halogens is 1. The van der Waals surface area contributed by atoms with E-state index in [1.54, 1.807) is 18.2 Å². The standard InChI is InChI=1S/C16H16FNO2/c17-13-8-4-5-11(9-13)10-14-16(19)20-15(18-14)12-6-2-1-3-7-12/h4-5,8-10,12H,1-3,6-7H2/b14-10+. The molecular formula is C16H16FNO2. The highest BCUT2D eigenvalue weighted by atomic mass is 19.1. The zero-order valence-corrected chi connectivity index (χ0v) is 11.1. The van der Waals surface area contributed by atoms with E-state index in [2.05, 4.69) is 4.99 Å². The van der Waals surface area contributed by atoms with Gasteiger partial charge in [0.05, 0.1) is 0 Å². The first kappa shape index (κ1) is 13.0. The maximum absolute atomic E-state index is 13.1. The molecule has 0 amide bonds. The first-order valence-corrected chi connectivity index (χ1v) is 7.00. The molecule has 2 aliphatic rings. The smallest absolute Gasteiger partial charge is 0.363 e. The lowest BCUT2D eigenvalue weighted by molar-refractivity contribution is -0.130. The van der Waals surface area contributed by atoms with Crippen molar-refractivity contribution in [1.82, 2.24) is 0 Å². The Balaban J connectivity index is 1.82. The summed E-state index contributed by atoms with van der Waals surface area (Å²) in [4.78, 5) is 16.1. The average Bonchev–Trinajstić information content (AvgIpc) is 2.81. The molecule has 3 nitrogen and oxygen atoms in total. The van der Waals surface area contributed by atoms with Crippen LogP contribution < -0.4 is 0 Å². The summed E-state index contributed by atoms with van der Waals surface area (Å²) in [6.45, 7) is 0. The fourth-order valence-electron chi connectivity index (χ4n) is 2.70. The van der Waals surface area contributed by atoms with Crippen LogP contribution in [-0.2, 0) is 9.53 Å². The van der Waals surface area contributed by atoms with E-state index in [9.17, 15) is 9.18 Å². The number of aliphatic imine (C=N–C) groups is 1. The van der Waals surface area contributed by atoms with Crippen LogP contribution in [0.5, 0.6) is 0 Å². The molecule has 4 heteroatoms. The zero-order valence-electron chi connectivity index (χ0n) is 11.1. The van der Waals surface area contributed by atoms with Crippen molar-refractivity contribution in [2.24, 2.45) is 10.9 Å². The van der Waals surface area contributed by atoms with Crippen LogP contribution in [0.3, 0.4) is 0 Å². The van der Waals surface area contributed by atoms with Crippen molar-refractivity contribution in [2.75, 3.05) is 0 Å². The Morgan fingerprint density at radius 2 is 2.05 bits per heavy atom. The molecule has 0 bridgehead atoms. The fourth-order valence-corrected chi connectivity index (χ4v) is 2.70. The van der Waals surface area contributed by atoms with Crippen LogP contribution >= 0.6 is 0 Å². The molecular weight excluding hydrogens is 257 g/mol. The Morgan fingerprint density at radius 3 is 2.80 bits per heavy atom. The van der Waals surface area contributed by atoms with E-state index in [4.69, 9.17) is 4.74 Å². The summed E-state index contributed by atoms with van der Waals surface area (Å²) >= 11 is 0. The van der Waals surface area contributed by atoms with Crippen LogP contribution in [-0.4, -0.2) is 11.9 Å². The number of hydrogen-bond donors (Lipinski definition) is 0. The van der Waals surface area contributed by atoms with Gasteiger partial charge in [0, 0.05) is 5.92 Å². The number of rotatable bonds is 2. The number of nitrogens with zero attached hydrogens (tertiary/aromatic N) is 1. The van der Waals surface area contributed by atoms with Crippen LogP contribution in [0.2, 0.25) is 0 Å². The average molecular weight is 273 g/mol. The highest BCUT2D eigenvalue weighted by molar-refractivity contribution is 6.07. The van der Waals surface area contributed by atoms with Gasteiger partial charge in [0.15, 0.2) is 5.70 Å². The minimum Gasteiger partial charge on any atom is -0.406 e. The lowest BCUT2D eigenvalue weighted by Gasteiger charge is -2.19. The van der Waals surface area contributed by atoms with Gasteiger partial charge in [0.25, 0.3) is 0 Å². The van der Waals surface area contributed by atoms with E-state index in [0.717, 1.165) is 25.7 Å². The van der Waals surface area contributed by atoms with E-state index in [1.807, 2.05) is 0 Å². The summed E-state index contributed by atoms with van der Waals surface area (Å²) in [6.07, 6.45) is 7.18. The van der Waals surface area contributed by atoms with E-state index >= 15 is 0 Å². The lowest BCUT2D eigenvalue weighted by atomic mass is 9.89. The molecule has 1 aromatic carbocycles. The second-order valence-corrected chi connectivity index (χ2v) is 5.26. The molecule has 1 aliphatic carbocycles. The molecule has 104 valence electrons. The number of cyclic esters (lactones) is 1. The fraction of sp³-hybridized carbons (Fsp3) is 0.375. The number of hydrogen-bond acceptors (Lipinski definition) is 3. The second kappa shape index (κ2) is 5.57. The number of ether oxygens (including phenoxy) is 1. The third kappa shape index (κ3) is 2.79. The van der Waals surface area contributed by atoms with Crippen molar-refractivity contribution in [1.29, 1.82) is 0 Å². The Hall–Kier alpha value is -1.97. The third-order valence-electron chi connectivity index (χ3n) is 3.74. The van der Waals surface area contributed by atoms with Crippen LogP contribution in [0.4, 0.5) is 4.39 Å². The van der Waals surface area contributed by atoms with Gasteiger partial charge in [-0.1, -0.05) is 31.4 Å². The summed E-state index contributed by atoms with van der Waals surface area (Å²) in [5.41, 5.74) is 0.877. The third-order valence-corrected chi connectivity index (χ3v) is 3.74. The molecule has 3 rings (SSSR count). The zero-order chi connectivity index (χ0) is 13.9. The highest BCUT2D eigenvalue weighted by Gasteiger charge is 2.30. The maximum atomic E-state index is 13.1. The monoisotopic (exact) mass is 273 g/mol. The largest absolute Gasteiger partial charge is 0.406 e. The van der Waals surface area contributed by atoms with Gasteiger partial charge in [0.2, 0.25) is 5.90 Å². The molecule has 0 aromatic heterocycles. The van der Waals surface area contributed by atoms with Gasteiger partial charge in [-0.25, -0.2) is 14.2 Å². The molecule has 0 atom stereocenters. The molecule has 1 heterocycles. The lowest BCUT2D eigenvalue weighted by Crippen LogP contribution is -2.19. The molecule has 0 N–H and O–H groups in total. The van der Waals surface area contributed by atoms with Crippen LogP contribution in [0.1, 0.15) is 37.7 Å². The Morgan fingerprint density at radius 1 is 1.25 bits per heavy atom. The SMILES string of the molecule is O=C1OC(C2CCCCC2)=N/C1=C/c1cccc(F)c1. The van der Waals surface area contributed by atoms with Crippen LogP contribution in [0.15, 0.2) is 35.0 Å². The minimum absolute atomic E-state index is 0.256. The van der Waals surface area contributed by atoms with Gasteiger partial charge in [0.1, 0.15) is 5.82 Å². The van der Waals surface area contributed by atoms with E-state index < -0.39 is 5.97 Å². The molecule has 1 aliphatic heterocycles. The Labute approximate surface area is 117 Å². The summed E-state index contributed by atoms with van der Waals surface area (Å²) in [5, 5.41) is 0. The molecule has 20 heavy (non-hydrogen) atoms. The Bertz CT molecular complexity index is 586. The van der Waals surface area contributed by atoms with Crippen molar-refractivity contribution in [3.05, 3.63) is 41.3 Å². The van der Waals surface area contributed by atoms with Gasteiger partial charge < -0.3 is 4.74 Å². The normalized spacial score (nSPS) is 21.9. The second-order valence-electron chi connectivity index (χ2n) is 5.26. The van der Waals surface area contributed by atoms with Gasteiger partial charge in [-0.05, 0) is 36.6 Å². The molecule has 1 saturated carbocycles. The number of benzene rings is 1. The predicted octanol–water partition coefficient (Wildman–Crippen LogP) is 3.70. The highest BCUT2D eigenvalue weighted by Crippen LogP contribution is 2.29. The number of esters is 1. The number of carbonyl (C=O) groups is 1. The summed E-state index contributed by atoms with van der Waals surface area (Å²) in [5.74, 6) is 0.0282. The van der Waals surface area contributed by atoms with Gasteiger partial charge in [-0.15, -0.1) is 0 Å². The van der Waals surface area contributed by atoms with Crippen molar-refractivity contribution in [3.8, 4) is 0 Å². The van der Waals surface area contributed by atoms with E-state index in [-0.39, 0.29) is 17.4 Å². The molecule has 1 fully saturated rings. The van der Waals surface area contributed by atoms with Crippen LogP contribution in [0, 0.1) is 11.7 Å². The molecule has 0 radical (unpaired) electrons. The van der Waals surface area contributed by atoms with Crippen molar-refractivity contribution < 1.29 is 13.9 Å². The van der Waals surface area contributed by atoms with E-state index in [1.165, 1.54) is 18.6 Å². The van der Waals surface area contributed by atoms with Crippen molar-refractivity contribution in [2.45, 2.75) is 32.1 Å². The van der Waals surface area contributed by atoms with Gasteiger partial charge >= 0.3 is 5.97 Å². The van der Waals surface area contributed by atoms with Gasteiger partial charge in [-0.3, -0.25) is 0 Å². The number of carbonyl (C=O) groups excluding carboxylic acids is 1. The van der Waals surface area contributed by atoms with E-state index in [0.29, 0.717) is 11.5 Å². The minimum atomic E-state index is -0.435. The van der Waals surface area contributed by atoms with Gasteiger partial charge in [-0.2, -0.15) is 0 Å². The predicted molar refractivity (Wildman–Crippen MR) is 74.5 cm³/mol.